The summed E-state index contributed by atoms with van der Waals surface area (Å²) in [4.78, 5) is 49.8. The monoisotopic (exact) mass is 452 g/mol. The summed E-state index contributed by atoms with van der Waals surface area (Å²) in [6.45, 7) is 1.39. The predicted molar refractivity (Wildman–Crippen MR) is 116 cm³/mol. The Bertz CT molecular complexity index is 1130. The van der Waals surface area contributed by atoms with Crippen molar-refractivity contribution in [1.82, 2.24) is 10.3 Å². The van der Waals surface area contributed by atoms with Gasteiger partial charge in [-0.3, -0.25) is 29.9 Å². The number of morpholine rings is 1. The van der Waals surface area contributed by atoms with Crippen LogP contribution in [0.25, 0.3) is 6.08 Å². The summed E-state index contributed by atoms with van der Waals surface area (Å²) in [6, 6.07) is 12.5. The summed E-state index contributed by atoms with van der Waals surface area (Å²) < 4.78 is 10.6. The van der Waals surface area contributed by atoms with Crippen molar-refractivity contribution in [2.45, 2.75) is 0 Å². The Morgan fingerprint density at radius 2 is 1.88 bits per heavy atom. The lowest BCUT2D eigenvalue weighted by molar-refractivity contribution is -0.385. The fourth-order valence-corrected chi connectivity index (χ4v) is 3.42. The molecule has 170 valence electrons. The third kappa shape index (κ3) is 4.83. The molecule has 11 nitrogen and oxygen atoms in total. The Labute approximate surface area is 188 Å². The first-order valence-electron chi connectivity index (χ1n) is 10.1. The number of benzene rings is 2. The van der Waals surface area contributed by atoms with Crippen molar-refractivity contribution in [3.05, 3.63) is 69.8 Å². The SMILES string of the molecule is O=C1NN(c2ccccc2)C(=O)C1=Cc1ccc(OCC(=O)N2CCOCC2)c([N+](=O)[O-])c1. The number of nitro benzene ring substituents is 1. The van der Waals surface area contributed by atoms with Gasteiger partial charge in [-0.05, 0) is 29.8 Å². The molecule has 0 atom stereocenters. The maximum atomic E-state index is 12.7. The van der Waals surface area contributed by atoms with Crippen LogP contribution in [0.1, 0.15) is 5.56 Å². The molecule has 2 aliphatic heterocycles. The van der Waals surface area contributed by atoms with Crippen LogP contribution in [0, 0.1) is 10.1 Å². The standard InChI is InChI=1S/C22H20N4O7/c27-20(24-8-10-32-11-9-24)14-33-19-7-6-15(13-18(19)26(30)31)12-17-21(28)23-25(22(17)29)16-4-2-1-3-5-16/h1-7,12-13H,8-11,14H2,(H,23,28). The minimum absolute atomic E-state index is 0.0862. The van der Waals surface area contributed by atoms with Crippen LogP contribution in [0.2, 0.25) is 0 Å². The zero-order valence-corrected chi connectivity index (χ0v) is 17.4. The first-order chi connectivity index (χ1) is 15.9. The van der Waals surface area contributed by atoms with Crippen molar-refractivity contribution < 1.29 is 28.8 Å². The highest BCUT2D eigenvalue weighted by Gasteiger charge is 2.34. The average molecular weight is 452 g/mol. The Morgan fingerprint density at radius 3 is 2.58 bits per heavy atom. The second-order valence-electron chi connectivity index (χ2n) is 7.24. The van der Waals surface area contributed by atoms with Crippen molar-refractivity contribution in [1.29, 1.82) is 0 Å². The fraction of sp³-hybridized carbons (Fsp3) is 0.227. The Hall–Kier alpha value is -4.25. The van der Waals surface area contributed by atoms with Crippen LogP contribution in [-0.2, 0) is 19.1 Å². The van der Waals surface area contributed by atoms with Gasteiger partial charge < -0.3 is 14.4 Å². The molecule has 0 spiro atoms. The van der Waals surface area contributed by atoms with Crippen molar-refractivity contribution in [2.24, 2.45) is 0 Å². The normalized spacial score (nSPS) is 17.3. The highest BCUT2D eigenvalue weighted by atomic mass is 16.6. The van der Waals surface area contributed by atoms with Crippen molar-refractivity contribution in [3.63, 3.8) is 0 Å². The lowest BCUT2D eigenvalue weighted by atomic mass is 10.1. The largest absolute Gasteiger partial charge is 0.477 e. The van der Waals surface area contributed by atoms with Crippen LogP contribution in [0.4, 0.5) is 11.4 Å². The van der Waals surface area contributed by atoms with E-state index in [4.69, 9.17) is 9.47 Å². The van der Waals surface area contributed by atoms with Gasteiger partial charge in [-0.1, -0.05) is 24.3 Å². The first kappa shape index (κ1) is 22.0. The molecule has 2 aliphatic rings. The smallest absolute Gasteiger partial charge is 0.311 e. The molecule has 2 aromatic carbocycles. The maximum Gasteiger partial charge on any atom is 0.311 e. The van der Waals surface area contributed by atoms with E-state index in [1.165, 1.54) is 24.3 Å². The summed E-state index contributed by atoms with van der Waals surface area (Å²) in [5.74, 6) is -1.59. The molecule has 0 aromatic heterocycles. The summed E-state index contributed by atoms with van der Waals surface area (Å²) in [5, 5.41) is 12.7. The van der Waals surface area contributed by atoms with E-state index < -0.39 is 16.7 Å². The predicted octanol–water partition coefficient (Wildman–Crippen LogP) is 1.29. The molecular formula is C22H20N4O7. The van der Waals surface area contributed by atoms with E-state index in [1.54, 1.807) is 35.2 Å². The van der Waals surface area contributed by atoms with Gasteiger partial charge >= 0.3 is 5.69 Å². The lowest BCUT2D eigenvalue weighted by Crippen LogP contribution is -2.43. The minimum Gasteiger partial charge on any atom is -0.477 e. The van der Waals surface area contributed by atoms with Crippen molar-refractivity contribution in [3.8, 4) is 5.75 Å². The van der Waals surface area contributed by atoms with Crippen LogP contribution in [-0.4, -0.2) is 60.5 Å². The average Bonchev–Trinajstić information content (AvgIpc) is 3.12. The molecule has 33 heavy (non-hydrogen) atoms. The summed E-state index contributed by atoms with van der Waals surface area (Å²) in [5.41, 5.74) is 2.67. The molecule has 2 saturated heterocycles. The molecule has 3 amide bonds. The fourth-order valence-electron chi connectivity index (χ4n) is 3.42. The van der Waals surface area contributed by atoms with Gasteiger partial charge in [0.2, 0.25) is 0 Å². The van der Waals surface area contributed by atoms with Crippen molar-refractivity contribution in [2.75, 3.05) is 37.9 Å². The number of rotatable bonds is 6. The van der Waals surface area contributed by atoms with E-state index in [9.17, 15) is 24.5 Å². The van der Waals surface area contributed by atoms with Gasteiger partial charge in [0.15, 0.2) is 12.4 Å². The van der Waals surface area contributed by atoms with Crippen LogP contribution >= 0.6 is 0 Å². The zero-order valence-electron chi connectivity index (χ0n) is 17.4. The number of ether oxygens (including phenoxy) is 2. The van der Waals surface area contributed by atoms with E-state index in [1.807, 2.05) is 0 Å². The number of nitrogens with zero attached hydrogens (tertiary/aromatic N) is 3. The van der Waals surface area contributed by atoms with E-state index in [2.05, 4.69) is 5.43 Å². The highest BCUT2D eigenvalue weighted by molar-refractivity contribution is 6.31. The number of anilines is 1. The van der Waals surface area contributed by atoms with E-state index in [-0.39, 0.29) is 35.1 Å². The third-order valence-corrected chi connectivity index (χ3v) is 5.11. The number of hydrogen-bond acceptors (Lipinski definition) is 7. The topological polar surface area (TPSA) is 131 Å². The summed E-state index contributed by atoms with van der Waals surface area (Å²) >= 11 is 0. The highest BCUT2D eigenvalue weighted by Crippen LogP contribution is 2.30. The molecule has 1 N–H and O–H groups in total. The van der Waals surface area contributed by atoms with Crippen LogP contribution in [0.3, 0.4) is 0 Å². The Morgan fingerprint density at radius 1 is 1.15 bits per heavy atom. The summed E-state index contributed by atoms with van der Waals surface area (Å²) in [6.07, 6.45) is 1.27. The van der Waals surface area contributed by atoms with Crippen LogP contribution in [0.15, 0.2) is 54.1 Å². The number of para-hydroxylation sites is 1. The van der Waals surface area contributed by atoms with Gasteiger partial charge in [-0.15, -0.1) is 0 Å². The number of carbonyl (C=O) groups excluding carboxylic acids is 3. The molecule has 0 bridgehead atoms. The molecule has 11 heteroatoms. The van der Waals surface area contributed by atoms with Gasteiger partial charge in [0.1, 0.15) is 5.57 Å². The van der Waals surface area contributed by atoms with E-state index >= 15 is 0 Å². The number of hydrogen-bond donors (Lipinski definition) is 1. The second-order valence-corrected chi connectivity index (χ2v) is 7.24. The molecule has 0 saturated carbocycles. The second kappa shape index (κ2) is 9.49. The van der Waals surface area contributed by atoms with Gasteiger partial charge in [0, 0.05) is 19.2 Å². The maximum absolute atomic E-state index is 12.7. The number of carbonyl (C=O) groups is 3. The van der Waals surface area contributed by atoms with E-state index in [0.29, 0.717) is 32.0 Å². The third-order valence-electron chi connectivity index (χ3n) is 5.11. The summed E-state index contributed by atoms with van der Waals surface area (Å²) in [7, 11) is 0. The quantitative estimate of drug-likeness (QED) is 0.302. The number of hydrazine groups is 1. The molecule has 0 aliphatic carbocycles. The molecule has 2 aromatic rings. The number of amides is 3. The number of nitro groups is 1. The minimum atomic E-state index is -0.649. The molecule has 2 fully saturated rings. The van der Waals surface area contributed by atoms with E-state index in [0.717, 1.165) is 5.01 Å². The molecule has 0 unspecified atom stereocenters. The lowest BCUT2D eigenvalue weighted by Gasteiger charge is -2.26. The van der Waals surface area contributed by atoms with Crippen molar-refractivity contribution >= 4 is 35.2 Å². The van der Waals surface area contributed by atoms with Gasteiger partial charge in [0.05, 0.1) is 23.8 Å². The first-order valence-corrected chi connectivity index (χ1v) is 10.1. The molecule has 0 radical (unpaired) electrons. The Kier molecular flexibility index (Phi) is 6.31. The molecule has 4 rings (SSSR count). The van der Waals surface area contributed by atoms with Crippen LogP contribution < -0.4 is 15.2 Å². The molecule has 2 heterocycles. The Balaban J connectivity index is 1.52. The van der Waals surface area contributed by atoms with Crippen LogP contribution in [0.5, 0.6) is 5.75 Å². The van der Waals surface area contributed by atoms with Gasteiger partial charge in [0.25, 0.3) is 17.7 Å². The molecular weight excluding hydrogens is 432 g/mol. The zero-order chi connectivity index (χ0) is 23.4. The van der Waals surface area contributed by atoms with Gasteiger partial charge in [-0.25, -0.2) is 5.01 Å². The van der Waals surface area contributed by atoms with Gasteiger partial charge in [-0.2, -0.15) is 0 Å². The number of nitrogens with one attached hydrogen (secondary N) is 1.